The molecule has 0 aliphatic heterocycles. The Morgan fingerprint density at radius 2 is 1.54 bits per heavy atom. The van der Waals surface area contributed by atoms with E-state index in [-0.39, 0.29) is 0 Å². The molecular formula is C6H10O7. The number of hydrogen-bond acceptors (Lipinski definition) is 5. The van der Waals surface area contributed by atoms with Crippen molar-refractivity contribution < 1.29 is 35.1 Å². The van der Waals surface area contributed by atoms with E-state index in [1.54, 1.807) is 0 Å². The Hall–Kier alpha value is -1.18. The van der Waals surface area contributed by atoms with Crippen LogP contribution in [-0.2, 0) is 9.59 Å². The van der Waals surface area contributed by atoms with E-state index in [9.17, 15) is 9.59 Å². The summed E-state index contributed by atoms with van der Waals surface area (Å²) in [6, 6.07) is 0. The van der Waals surface area contributed by atoms with Crippen molar-refractivity contribution >= 4 is 11.9 Å². The molecule has 0 saturated carbocycles. The third-order valence-electron chi connectivity index (χ3n) is 1.35. The minimum absolute atomic E-state index is 0.828. The summed E-state index contributed by atoms with van der Waals surface area (Å²) in [4.78, 5) is 20.1. The SMILES string of the molecule is O=C(O)C[C@@H](O)[C@H](O)[C@@H](O)C(=O)O. The summed E-state index contributed by atoms with van der Waals surface area (Å²) >= 11 is 0. The van der Waals surface area contributed by atoms with Crippen molar-refractivity contribution in [3.05, 3.63) is 0 Å². The predicted molar refractivity (Wildman–Crippen MR) is 37.9 cm³/mol. The zero-order valence-electron chi connectivity index (χ0n) is 6.49. The Bertz CT molecular complexity index is 201. The van der Waals surface area contributed by atoms with Gasteiger partial charge in [0.1, 0.15) is 6.10 Å². The van der Waals surface area contributed by atoms with E-state index in [0.717, 1.165) is 0 Å². The number of aliphatic carboxylic acids is 2. The van der Waals surface area contributed by atoms with Crippen molar-refractivity contribution in [3.8, 4) is 0 Å². The zero-order valence-corrected chi connectivity index (χ0v) is 6.49. The third-order valence-corrected chi connectivity index (χ3v) is 1.35. The Kier molecular flexibility index (Phi) is 4.32. The van der Waals surface area contributed by atoms with Crippen molar-refractivity contribution in [2.24, 2.45) is 0 Å². The van der Waals surface area contributed by atoms with Crippen molar-refractivity contribution in [1.29, 1.82) is 0 Å². The second kappa shape index (κ2) is 4.75. The molecule has 5 N–H and O–H groups in total. The summed E-state index contributed by atoms with van der Waals surface area (Å²) in [5, 5.41) is 42.7. The lowest BCUT2D eigenvalue weighted by molar-refractivity contribution is -0.161. The number of rotatable bonds is 5. The van der Waals surface area contributed by atoms with Gasteiger partial charge in [0, 0.05) is 0 Å². The van der Waals surface area contributed by atoms with E-state index in [1.165, 1.54) is 0 Å². The molecule has 0 saturated heterocycles. The van der Waals surface area contributed by atoms with Gasteiger partial charge in [-0.05, 0) is 0 Å². The highest BCUT2D eigenvalue weighted by atomic mass is 16.4. The zero-order chi connectivity index (χ0) is 10.6. The minimum atomic E-state index is -2.19. The van der Waals surface area contributed by atoms with Crippen LogP contribution in [0.15, 0.2) is 0 Å². The number of carbonyl (C=O) groups is 2. The molecule has 76 valence electrons. The van der Waals surface area contributed by atoms with Crippen LogP contribution in [0.2, 0.25) is 0 Å². The molecule has 13 heavy (non-hydrogen) atoms. The first-order chi connectivity index (χ1) is 5.86. The molecule has 0 bridgehead atoms. The largest absolute Gasteiger partial charge is 0.481 e. The van der Waals surface area contributed by atoms with Crippen LogP contribution in [0.5, 0.6) is 0 Å². The molecule has 0 amide bonds. The molecule has 0 radical (unpaired) electrons. The quantitative estimate of drug-likeness (QED) is 0.330. The van der Waals surface area contributed by atoms with Crippen LogP contribution in [0.4, 0.5) is 0 Å². The highest BCUT2D eigenvalue weighted by Crippen LogP contribution is 2.04. The van der Waals surface area contributed by atoms with E-state index < -0.39 is 36.7 Å². The predicted octanol–water partition coefficient (Wildman–Crippen LogP) is -2.37. The maximum Gasteiger partial charge on any atom is 0.335 e. The molecule has 0 aliphatic carbocycles. The number of hydrogen-bond donors (Lipinski definition) is 5. The van der Waals surface area contributed by atoms with Crippen molar-refractivity contribution in [1.82, 2.24) is 0 Å². The fourth-order valence-corrected chi connectivity index (χ4v) is 0.656. The monoisotopic (exact) mass is 194 g/mol. The number of carboxylic acid groups (broad SMARTS) is 2. The molecule has 0 spiro atoms. The summed E-state index contributed by atoms with van der Waals surface area (Å²) in [6.45, 7) is 0. The van der Waals surface area contributed by atoms with Crippen molar-refractivity contribution in [2.45, 2.75) is 24.7 Å². The van der Waals surface area contributed by atoms with E-state index in [4.69, 9.17) is 25.5 Å². The second-order valence-corrected chi connectivity index (χ2v) is 2.44. The lowest BCUT2D eigenvalue weighted by Gasteiger charge is -2.18. The van der Waals surface area contributed by atoms with Crippen LogP contribution in [0.3, 0.4) is 0 Å². The first kappa shape index (κ1) is 11.8. The van der Waals surface area contributed by atoms with Gasteiger partial charge in [0.05, 0.1) is 12.5 Å². The molecule has 0 heterocycles. The number of carboxylic acids is 2. The molecule has 0 unspecified atom stereocenters. The van der Waals surface area contributed by atoms with Gasteiger partial charge in [-0.1, -0.05) is 0 Å². The maximum absolute atomic E-state index is 10.1. The summed E-state index contributed by atoms with van der Waals surface area (Å²) in [5.74, 6) is -3.12. The average Bonchev–Trinajstić information content (AvgIpc) is 2.00. The van der Waals surface area contributed by atoms with Crippen molar-refractivity contribution in [3.63, 3.8) is 0 Å². The molecule has 0 rings (SSSR count). The second-order valence-electron chi connectivity index (χ2n) is 2.44. The Morgan fingerprint density at radius 1 is 1.08 bits per heavy atom. The van der Waals surface area contributed by atoms with Gasteiger partial charge in [-0.25, -0.2) is 4.79 Å². The first-order valence-corrected chi connectivity index (χ1v) is 3.35. The lowest BCUT2D eigenvalue weighted by atomic mass is 10.1. The van der Waals surface area contributed by atoms with Gasteiger partial charge in [0.15, 0.2) is 6.10 Å². The lowest BCUT2D eigenvalue weighted by Crippen LogP contribution is -2.43. The van der Waals surface area contributed by atoms with E-state index in [1.807, 2.05) is 0 Å². The molecule has 0 aromatic carbocycles. The third kappa shape index (κ3) is 3.83. The molecule has 0 aromatic heterocycles. The van der Waals surface area contributed by atoms with Gasteiger partial charge in [-0.15, -0.1) is 0 Å². The highest BCUT2D eigenvalue weighted by molar-refractivity contribution is 5.73. The Balaban J connectivity index is 4.16. The van der Waals surface area contributed by atoms with Gasteiger partial charge in [0.25, 0.3) is 0 Å². The van der Waals surface area contributed by atoms with Gasteiger partial charge < -0.3 is 25.5 Å². The summed E-state index contributed by atoms with van der Waals surface area (Å²) in [5.41, 5.74) is 0. The van der Waals surface area contributed by atoms with Gasteiger partial charge in [0.2, 0.25) is 0 Å². The van der Waals surface area contributed by atoms with Crippen LogP contribution in [0.1, 0.15) is 6.42 Å². The molecule has 7 nitrogen and oxygen atoms in total. The van der Waals surface area contributed by atoms with Crippen LogP contribution in [-0.4, -0.2) is 55.8 Å². The summed E-state index contributed by atoms with van der Waals surface area (Å²) in [6.07, 6.45) is -6.82. The van der Waals surface area contributed by atoms with Crippen molar-refractivity contribution in [2.75, 3.05) is 0 Å². The average molecular weight is 194 g/mol. The summed E-state index contributed by atoms with van der Waals surface area (Å²) in [7, 11) is 0. The molecule has 7 heteroatoms. The van der Waals surface area contributed by atoms with Crippen LogP contribution in [0, 0.1) is 0 Å². The molecule has 0 aliphatic rings. The van der Waals surface area contributed by atoms with E-state index in [2.05, 4.69) is 0 Å². The van der Waals surface area contributed by atoms with Gasteiger partial charge in [-0.2, -0.15) is 0 Å². The van der Waals surface area contributed by atoms with Gasteiger partial charge in [-0.3, -0.25) is 4.79 Å². The molecular weight excluding hydrogens is 184 g/mol. The van der Waals surface area contributed by atoms with Crippen LogP contribution < -0.4 is 0 Å². The number of aliphatic hydroxyl groups excluding tert-OH is 3. The maximum atomic E-state index is 10.1. The highest BCUT2D eigenvalue weighted by Gasteiger charge is 2.31. The van der Waals surface area contributed by atoms with Crippen LogP contribution >= 0.6 is 0 Å². The fraction of sp³-hybridized carbons (Fsp3) is 0.667. The smallest absolute Gasteiger partial charge is 0.335 e. The minimum Gasteiger partial charge on any atom is -0.481 e. The molecule has 0 fully saturated rings. The normalized spacial score (nSPS) is 17.5. The van der Waals surface area contributed by atoms with Crippen LogP contribution in [0.25, 0.3) is 0 Å². The standard InChI is InChI=1S/C6H10O7/c7-2(1-3(8)9)4(10)5(11)6(12)13/h2,4-5,7,10-11H,1H2,(H,8,9)(H,12,13)/t2-,4+,5-/m1/s1. The molecule has 0 aromatic rings. The number of aliphatic hydroxyl groups is 3. The van der Waals surface area contributed by atoms with Gasteiger partial charge >= 0.3 is 11.9 Å². The van der Waals surface area contributed by atoms with E-state index in [0.29, 0.717) is 0 Å². The summed E-state index contributed by atoms with van der Waals surface area (Å²) < 4.78 is 0. The Labute approximate surface area is 72.9 Å². The Morgan fingerprint density at radius 3 is 1.85 bits per heavy atom. The molecule has 3 atom stereocenters. The topological polar surface area (TPSA) is 135 Å². The van der Waals surface area contributed by atoms with E-state index >= 15 is 0 Å². The first-order valence-electron chi connectivity index (χ1n) is 3.35. The fourth-order valence-electron chi connectivity index (χ4n) is 0.656.